The molecule has 1 saturated heterocycles. The van der Waals surface area contributed by atoms with Crippen LogP contribution >= 0.6 is 0 Å². The number of rotatable bonds is 3. The quantitative estimate of drug-likeness (QED) is 0.692. The summed E-state index contributed by atoms with van der Waals surface area (Å²) in [6, 6.07) is 0. The Morgan fingerprint density at radius 1 is 1.14 bits per heavy atom. The zero-order chi connectivity index (χ0) is 21.1. The topological polar surface area (TPSA) is 49.8 Å². The third kappa shape index (κ3) is 3.67. The summed E-state index contributed by atoms with van der Waals surface area (Å²) in [4.78, 5) is 4.62. The van der Waals surface area contributed by atoms with Crippen LogP contribution in [0.5, 0.6) is 5.88 Å². The number of fused-ring (bicyclic) bond motifs is 1. The van der Waals surface area contributed by atoms with E-state index in [-0.39, 0.29) is 22.3 Å². The van der Waals surface area contributed by atoms with Crippen LogP contribution in [0.15, 0.2) is 6.20 Å². The van der Waals surface area contributed by atoms with Gasteiger partial charge in [-0.05, 0) is 58.3 Å². The number of pyridine rings is 1. The number of hydrogen-bond donors (Lipinski definition) is 0. The van der Waals surface area contributed by atoms with E-state index in [9.17, 15) is 0 Å². The minimum Gasteiger partial charge on any atom is -0.477 e. The zero-order valence-corrected chi connectivity index (χ0v) is 20.2. The lowest BCUT2D eigenvalue weighted by atomic mass is 9.75. The van der Waals surface area contributed by atoms with Gasteiger partial charge in [0.25, 0.3) is 0 Å². The molecular weight excluding hydrogens is 369 g/mol. The van der Waals surface area contributed by atoms with Gasteiger partial charge in [0.1, 0.15) is 0 Å². The molecule has 0 spiro atoms. The van der Waals surface area contributed by atoms with E-state index in [1.807, 2.05) is 6.20 Å². The predicted octanol–water partition coefficient (Wildman–Crippen LogP) is 4.53. The molecule has 1 atom stereocenters. The Balaban J connectivity index is 1.97. The van der Waals surface area contributed by atoms with Crippen molar-refractivity contribution in [2.24, 2.45) is 0 Å². The van der Waals surface area contributed by atoms with Crippen molar-refractivity contribution in [2.45, 2.75) is 97.2 Å². The zero-order valence-electron chi connectivity index (χ0n) is 19.2. The van der Waals surface area contributed by atoms with Crippen LogP contribution in [0.1, 0.15) is 72.1 Å². The highest BCUT2D eigenvalue weighted by molar-refractivity contribution is 6.74. The first-order valence-electron chi connectivity index (χ1n) is 10.3. The molecule has 1 unspecified atom stereocenters. The fourth-order valence-corrected chi connectivity index (χ4v) is 4.67. The van der Waals surface area contributed by atoms with Crippen LogP contribution in [0.2, 0.25) is 18.1 Å². The predicted molar refractivity (Wildman–Crippen MR) is 116 cm³/mol. The average Bonchev–Trinajstić information content (AvgIpc) is 2.74. The minimum absolute atomic E-state index is 0.000449. The third-order valence-electron chi connectivity index (χ3n) is 7.08. The van der Waals surface area contributed by atoms with Gasteiger partial charge in [0.05, 0.1) is 23.9 Å². The highest BCUT2D eigenvalue weighted by atomic mass is 28.4. The number of nitrogens with zero attached hydrogens (tertiary/aromatic N) is 1. The molecule has 0 aliphatic carbocycles. The third-order valence-corrected chi connectivity index (χ3v) is 11.6. The van der Waals surface area contributed by atoms with Gasteiger partial charge in [-0.15, -0.1) is 0 Å². The van der Waals surface area contributed by atoms with Gasteiger partial charge in [0.2, 0.25) is 5.88 Å². The molecule has 1 aromatic rings. The summed E-state index contributed by atoms with van der Waals surface area (Å²) in [5, 5.41) is 0.149. The van der Waals surface area contributed by atoms with Gasteiger partial charge in [0.15, 0.2) is 8.32 Å². The summed E-state index contributed by atoms with van der Waals surface area (Å²) in [5.74, 6) is 0.688. The molecule has 156 valence electrons. The Labute approximate surface area is 171 Å². The minimum atomic E-state index is -1.92. The molecule has 2 aliphatic heterocycles. The van der Waals surface area contributed by atoms with Crippen molar-refractivity contribution in [3.05, 3.63) is 17.3 Å². The highest BCUT2D eigenvalue weighted by Crippen LogP contribution is 2.44. The molecular formula is C21H36BNO4Si. The molecule has 2 aliphatic rings. The van der Waals surface area contributed by atoms with Crippen molar-refractivity contribution in [1.82, 2.24) is 4.98 Å². The molecule has 1 aromatic heterocycles. The van der Waals surface area contributed by atoms with Gasteiger partial charge in [-0.25, -0.2) is 4.98 Å². The smallest absolute Gasteiger partial charge is 0.477 e. The van der Waals surface area contributed by atoms with Crippen LogP contribution in [0.25, 0.3) is 0 Å². The Morgan fingerprint density at radius 2 is 1.71 bits per heavy atom. The molecule has 0 aromatic carbocycles. The van der Waals surface area contributed by atoms with Crippen LogP contribution in [-0.2, 0) is 13.7 Å². The molecule has 5 nitrogen and oxygen atoms in total. The van der Waals surface area contributed by atoms with E-state index in [1.54, 1.807) is 0 Å². The maximum atomic E-state index is 6.79. The molecule has 0 radical (unpaired) electrons. The van der Waals surface area contributed by atoms with E-state index >= 15 is 0 Å². The normalized spacial score (nSPS) is 24.1. The Morgan fingerprint density at radius 3 is 2.25 bits per heavy atom. The summed E-state index contributed by atoms with van der Waals surface area (Å²) in [6.07, 6.45) is 2.68. The summed E-state index contributed by atoms with van der Waals surface area (Å²) in [6.45, 7) is 22.4. The molecule has 7 heteroatoms. The van der Waals surface area contributed by atoms with Crippen LogP contribution in [0.4, 0.5) is 0 Å². The lowest BCUT2D eigenvalue weighted by Crippen LogP contribution is -2.43. The molecule has 0 amide bonds. The fraction of sp³-hybridized carbons (Fsp3) is 0.762. The van der Waals surface area contributed by atoms with Crippen molar-refractivity contribution in [3.8, 4) is 5.88 Å². The molecule has 28 heavy (non-hydrogen) atoms. The van der Waals surface area contributed by atoms with E-state index in [1.165, 1.54) is 0 Å². The molecule has 0 bridgehead atoms. The molecule has 3 heterocycles. The van der Waals surface area contributed by atoms with E-state index in [4.69, 9.17) is 18.5 Å². The molecule has 0 N–H and O–H groups in total. The molecule has 3 rings (SSSR count). The molecule has 0 saturated carbocycles. The maximum Gasteiger partial charge on any atom is 0.496 e. The molecule has 1 fully saturated rings. The van der Waals surface area contributed by atoms with E-state index < -0.39 is 15.4 Å². The standard InChI is InChI=1S/C21H36BNO4Si/c1-14-15(22-26-20(5,6)21(7,8)27-22)13-23-18-17(14)16(11-12-24-18)25-28(9,10)19(2,3)4/h13,16H,11-12H2,1-10H3. The second-order valence-corrected chi connectivity index (χ2v) is 15.4. The number of ether oxygens (including phenoxy) is 1. The van der Waals surface area contributed by atoms with Gasteiger partial charge in [0, 0.05) is 23.6 Å². The first kappa shape index (κ1) is 21.8. The fourth-order valence-electron chi connectivity index (χ4n) is 3.37. The van der Waals surface area contributed by atoms with Crippen molar-refractivity contribution >= 4 is 20.9 Å². The Bertz CT molecular complexity index is 742. The van der Waals surface area contributed by atoms with E-state index in [0.717, 1.165) is 23.0 Å². The van der Waals surface area contributed by atoms with Crippen LogP contribution < -0.4 is 10.2 Å². The van der Waals surface area contributed by atoms with Crippen molar-refractivity contribution in [3.63, 3.8) is 0 Å². The van der Waals surface area contributed by atoms with Crippen molar-refractivity contribution in [2.75, 3.05) is 6.61 Å². The van der Waals surface area contributed by atoms with Gasteiger partial charge in [-0.1, -0.05) is 20.8 Å². The highest BCUT2D eigenvalue weighted by Gasteiger charge is 2.52. The van der Waals surface area contributed by atoms with Gasteiger partial charge < -0.3 is 18.5 Å². The number of hydrogen-bond acceptors (Lipinski definition) is 5. The summed E-state index contributed by atoms with van der Waals surface area (Å²) >= 11 is 0. The maximum absolute atomic E-state index is 6.79. The van der Waals surface area contributed by atoms with Crippen LogP contribution in [0.3, 0.4) is 0 Å². The lowest BCUT2D eigenvalue weighted by Gasteiger charge is -2.41. The lowest BCUT2D eigenvalue weighted by molar-refractivity contribution is 0.00578. The largest absolute Gasteiger partial charge is 0.496 e. The van der Waals surface area contributed by atoms with E-state index in [0.29, 0.717) is 12.5 Å². The van der Waals surface area contributed by atoms with Gasteiger partial charge in [-0.2, -0.15) is 0 Å². The summed E-state index contributed by atoms with van der Waals surface area (Å²) in [5.41, 5.74) is 2.36. The Hall–Kier alpha value is -0.888. The monoisotopic (exact) mass is 405 g/mol. The second kappa shape index (κ2) is 6.83. The first-order valence-corrected chi connectivity index (χ1v) is 13.2. The second-order valence-electron chi connectivity index (χ2n) is 10.6. The average molecular weight is 405 g/mol. The first-order chi connectivity index (χ1) is 12.7. The van der Waals surface area contributed by atoms with Crippen molar-refractivity contribution in [1.29, 1.82) is 0 Å². The van der Waals surface area contributed by atoms with E-state index in [2.05, 4.69) is 73.5 Å². The van der Waals surface area contributed by atoms with Gasteiger partial charge in [-0.3, -0.25) is 0 Å². The van der Waals surface area contributed by atoms with Crippen molar-refractivity contribution < 1.29 is 18.5 Å². The van der Waals surface area contributed by atoms with Crippen LogP contribution in [0, 0.1) is 6.92 Å². The summed E-state index contributed by atoms with van der Waals surface area (Å²) < 4.78 is 25.2. The van der Waals surface area contributed by atoms with Gasteiger partial charge >= 0.3 is 7.12 Å². The number of aromatic nitrogens is 1. The summed E-state index contributed by atoms with van der Waals surface area (Å²) in [7, 11) is -2.36. The Kier molecular flexibility index (Phi) is 5.32. The SMILES string of the molecule is Cc1c(B2OC(C)(C)C(C)(C)O2)cnc2c1C(O[Si](C)(C)C(C)(C)C)CCO2. The van der Waals surface area contributed by atoms with Crippen LogP contribution in [-0.4, -0.2) is 38.2 Å².